The fourth-order valence-corrected chi connectivity index (χ4v) is 2.71. The molecule has 1 fully saturated rings. The average Bonchev–Trinajstić information content (AvgIpc) is 2.82. The summed E-state index contributed by atoms with van der Waals surface area (Å²) in [6, 6.07) is 6.37. The molecule has 1 aliphatic rings. The summed E-state index contributed by atoms with van der Waals surface area (Å²) >= 11 is 10.9. The van der Waals surface area contributed by atoms with Gasteiger partial charge in [0.2, 0.25) is 0 Å². The summed E-state index contributed by atoms with van der Waals surface area (Å²) < 4.78 is 0. The fraction of sp³-hybridized carbons (Fsp3) is 0.500. The van der Waals surface area contributed by atoms with E-state index in [-0.39, 0.29) is 0 Å². The van der Waals surface area contributed by atoms with Crippen LogP contribution in [0.2, 0.25) is 5.02 Å². The molecular weight excluding hydrogens is 278 g/mol. The topological polar surface area (TPSA) is 18.8 Å². The Hall–Kier alpha value is -0.770. The van der Waals surface area contributed by atoms with Gasteiger partial charge < -0.3 is 4.90 Å². The third-order valence-corrected chi connectivity index (χ3v) is 4.04. The maximum absolute atomic E-state index is 6.25. The Bertz CT molecular complexity index is 497. The molecule has 0 aliphatic carbocycles. The third kappa shape index (κ3) is 3.85. The minimum Gasteiger partial charge on any atom is -0.305 e. The van der Waals surface area contributed by atoms with E-state index >= 15 is 0 Å². The largest absolute Gasteiger partial charge is 0.305 e. The molecule has 1 aromatic rings. The standard InChI is InChI=1S/C14H18ClN3S/c1-17(2)13-5-6-18(9-13)8-11-7-12(16-10-19)3-4-14(11)15/h3-4,7,13H,5-6,8-9H2,1-2H3. The molecule has 0 radical (unpaired) electrons. The number of likely N-dealkylation sites (tertiary alicyclic amines) is 1. The number of aliphatic imine (C=N–C) groups is 1. The Labute approximate surface area is 124 Å². The zero-order valence-electron chi connectivity index (χ0n) is 11.3. The molecule has 102 valence electrons. The second kappa shape index (κ2) is 6.60. The Morgan fingerprint density at radius 3 is 2.95 bits per heavy atom. The van der Waals surface area contributed by atoms with E-state index in [0.29, 0.717) is 6.04 Å². The van der Waals surface area contributed by atoms with Gasteiger partial charge in [-0.05, 0) is 56.5 Å². The van der Waals surface area contributed by atoms with E-state index in [1.54, 1.807) is 0 Å². The molecule has 0 bridgehead atoms. The molecule has 19 heavy (non-hydrogen) atoms. The van der Waals surface area contributed by atoms with Crippen molar-refractivity contribution < 1.29 is 0 Å². The lowest BCUT2D eigenvalue weighted by atomic mass is 10.2. The summed E-state index contributed by atoms with van der Waals surface area (Å²) in [5.41, 5.74) is 1.92. The van der Waals surface area contributed by atoms with Crippen LogP contribution < -0.4 is 0 Å². The van der Waals surface area contributed by atoms with E-state index in [9.17, 15) is 0 Å². The number of rotatable bonds is 4. The van der Waals surface area contributed by atoms with Gasteiger partial charge in [-0.3, -0.25) is 4.90 Å². The first-order chi connectivity index (χ1) is 9.10. The van der Waals surface area contributed by atoms with Gasteiger partial charge in [0.15, 0.2) is 0 Å². The number of likely N-dealkylation sites (N-methyl/N-ethyl adjacent to an activating group) is 1. The van der Waals surface area contributed by atoms with Gasteiger partial charge in [-0.25, -0.2) is 0 Å². The summed E-state index contributed by atoms with van der Waals surface area (Å²) in [6.07, 6.45) is 1.21. The number of halogens is 1. The van der Waals surface area contributed by atoms with Crippen molar-refractivity contribution in [2.45, 2.75) is 19.0 Å². The molecular formula is C14H18ClN3S. The highest BCUT2D eigenvalue weighted by Gasteiger charge is 2.24. The van der Waals surface area contributed by atoms with Crippen molar-refractivity contribution in [3.8, 4) is 0 Å². The number of hydrogen-bond donors (Lipinski definition) is 0. The molecule has 0 amide bonds. The van der Waals surface area contributed by atoms with Gasteiger partial charge in [-0.1, -0.05) is 11.6 Å². The lowest BCUT2D eigenvalue weighted by Gasteiger charge is -2.20. The van der Waals surface area contributed by atoms with Gasteiger partial charge in [0.1, 0.15) is 0 Å². The van der Waals surface area contributed by atoms with E-state index in [1.807, 2.05) is 18.2 Å². The Balaban J connectivity index is 2.07. The minimum absolute atomic E-state index is 0.640. The molecule has 0 N–H and O–H groups in total. The molecule has 1 saturated heterocycles. The summed E-state index contributed by atoms with van der Waals surface area (Å²) in [5.74, 6) is 0. The van der Waals surface area contributed by atoms with E-state index < -0.39 is 0 Å². The van der Waals surface area contributed by atoms with Gasteiger partial charge in [0.25, 0.3) is 0 Å². The summed E-state index contributed by atoms with van der Waals surface area (Å²) in [4.78, 5) is 8.72. The molecule has 1 aromatic carbocycles. The van der Waals surface area contributed by atoms with Gasteiger partial charge in [0.05, 0.1) is 10.8 Å². The molecule has 1 heterocycles. The van der Waals surface area contributed by atoms with E-state index in [2.05, 4.69) is 46.3 Å². The van der Waals surface area contributed by atoms with E-state index in [4.69, 9.17) is 11.6 Å². The number of nitrogens with zero attached hydrogens (tertiary/aromatic N) is 3. The Morgan fingerprint density at radius 2 is 2.32 bits per heavy atom. The smallest absolute Gasteiger partial charge is 0.0743 e. The number of benzene rings is 1. The molecule has 0 aromatic heterocycles. The van der Waals surface area contributed by atoms with Crippen LogP contribution in [0.3, 0.4) is 0 Å². The first-order valence-corrected chi connectivity index (χ1v) is 7.14. The second-order valence-electron chi connectivity index (χ2n) is 5.12. The second-order valence-corrected chi connectivity index (χ2v) is 5.71. The van der Waals surface area contributed by atoms with Crippen molar-refractivity contribution in [3.05, 3.63) is 28.8 Å². The minimum atomic E-state index is 0.640. The van der Waals surface area contributed by atoms with Crippen molar-refractivity contribution in [2.75, 3.05) is 27.2 Å². The van der Waals surface area contributed by atoms with Crippen LogP contribution in [0, 0.1) is 0 Å². The monoisotopic (exact) mass is 295 g/mol. The SMILES string of the molecule is CN(C)C1CCN(Cc2cc(N=C=S)ccc2Cl)C1. The highest BCUT2D eigenvalue weighted by Crippen LogP contribution is 2.25. The van der Waals surface area contributed by atoms with E-state index in [0.717, 1.165) is 35.9 Å². The summed E-state index contributed by atoms with van der Waals surface area (Å²) in [5, 5.41) is 3.18. The van der Waals surface area contributed by atoms with E-state index in [1.165, 1.54) is 6.42 Å². The Morgan fingerprint density at radius 1 is 1.53 bits per heavy atom. The van der Waals surface area contributed by atoms with Gasteiger partial charge >= 0.3 is 0 Å². The number of isothiocyanates is 1. The normalized spacial score (nSPS) is 19.7. The van der Waals surface area contributed by atoms with Crippen molar-refractivity contribution in [2.24, 2.45) is 4.99 Å². The fourth-order valence-electron chi connectivity index (χ4n) is 2.42. The first kappa shape index (κ1) is 14.6. The predicted octanol–water partition coefficient (Wildman–Crippen LogP) is 3.21. The molecule has 3 nitrogen and oxygen atoms in total. The molecule has 0 saturated carbocycles. The average molecular weight is 296 g/mol. The lowest BCUT2D eigenvalue weighted by Crippen LogP contribution is -2.31. The van der Waals surface area contributed by atoms with Crippen LogP contribution in [0.15, 0.2) is 23.2 Å². The zero-order valence-corrected chi connectivity index (χ0v) is 12.8. The van der Waals surface area contributed by atoms with Crippen LogP contribution in [0.5, 0.6) is 0 Å². The van der Waals surface area contributed by atoms with Crippen molar-refractivity contribution in [1.29, 1.82) is 0 Å². The highest BCUT2D eigenvalue weighted by molar-refractivity contribution is 7.78. The maximum Gasteiger partial charge on any atom is 0.0743 e. The molecule has 1 atom stereocenters. The van der Waals surface area contributed by atoms with Crippen LogP contribution in [0.4, 0.5) is 5.69 Å². The molecule has 2 rings (SSSR count). The molecule has 1 aliphatic heterocycles. The van der Waals surface area contributed by atoms with Crippen molar-refractivity contribution in [3.63, 3.8) is 0 Å². The maximum atomic E-state index is 6.25. The first-order valence-electron chi connectivity index (χ1n) is 6.35. The van der Waals surface area contributed by atoms with Gasteiger partial charge in [0, 0.05) is 30.7 Å². The van der Waals surface area contributed by atoms with Gasteiger partial charge in [-0.2, -0.15) is 4.99 Å². The quantitative estimate of drug-likeness (QED) is 0.628. The highest BCUT2D eigenvalue weighted by atomic mass is 35.5. The van der Waals surface area contributed by atoms with Crippen LogP contribution >= 0.6 is 23.8 Å². The zero-order chi connectivity index (χ0) is 13.8. The van der Waals surface area contributed by atoms with Crippen molar-refractivity contribution >= 4 is 34.7 Å². The van der Waals surface area contributed by atoms with Crippen LogP contribution in [-0.2, 0) is 6.54 Å². The summed E-state index contributed by atoms with van der Waals surface area (Å²) in [6.45, 7) is 3.06. The van der Waals surface area contributed by atoms with Crippen LogP contribution in [-0.4, -0.2) is 48.2 Å². The van der Waals surface area contributed by atoms with Crippen LogP contribution in [0.25, 0.3) is 0 Å². The van der Waals surface area contributed by atoms with Gasteiger partial charge in [-0.15, -0.1) is 0 Å². The summed E-state index contributed by atoms with van der Waals surface area (Å²) in [7, 11) is 4.27. The Kier molecular flexibility index (Phi) is 5.08. The predicted molar refractivity (Wildman–Crippen MR) is 83.5 cm³/mol. The lowest BCUT2D eigenvalue weighted by molar-refractivity contribution is 0.265. The number of hydrogen-bond acceptors (Lipinski definition) is 4. The molecule has 5 heteroatoms. The molecule has 1 unspecified atom stereocenters. The number of thiocarbonyl (C=S) groups is 1. The molecule has 0 spiro atoms. The van der Waals surface area contributed by atoms with Crippen molar-refractivity contribution in [1.82, 2.24) is 9.80 Å². The van der Waals surface area contributed by atoms with Crippen LogP contribution in [0.1, 0.15) is 12.0 Å². The third-order valence-electron chi connectivity index (χ3n) is 3.58.